The minimum Gasteiger partial charge on any atom is -0.364 e. The molecule has 1 unspecified atom stereocenters. The highest BCUT2D eigenvalue weighted by molar-refractivity contribution is 6.30. The van der Waals surface area contributed by atoms with Gasteiger partial charge in [0.25, 0.3) is 0 Å². The van der Waals surface area contributed by atoms with Crippen LogP contribution in [-0.2, 0) is 11.3 Å². The van der Waals surface area contributed by atoms with Crippen molar-refractivity contribution >= 4 is 29.2 Å². The highest BCUT2D eigenvalue weighted by atomic mass is 35.5. The van der Waals surface area contributed by atoms with Crippen LogP contribution in [0, 0.1) is 0 Å². The fourth-order valence-electron chi connectivity index (χ4n) is 3.73. The summed E-state index contributed by atoms with van der Waals surface area (Å²) in [5.41, 5.74) is 3.10. The van der Waals surface area contributed by atoms with Crippen LogP contribution in [0.4, 0.5) is 4.79 Å². The van der Waals surface area contributed by atoms with Gasteiger partial charge in [-0.2, -0.15) is 0 Å². The molecular weight excluding hydrogens is 431 g/mol. The zero-order valence-electron chi connectivity index (χ0n) is 17.0. The molecule has 2 amide bonds. The normalized spacial score (nSPS) is 16.0. The van der Waals surface area contributed by atoms with Crippen molar-refractivity contribution in [3.8, 4) is 0 Å². The van der Waals surface area contributed by atoms with Crippen molar-refractivity contribution in [1.82, 2.24) is 10.2 Å². The molecule has 1 N–H and O–H groups in total. The summed E-state index contributed by atoms with van der Waals surface area (Å²) in [5, 5.41) is 4.36. The van der Waals surface area contributed by atoms with Crippen LogP contribution in [0.5, 0.6) is 0 Å². The number of amides is 2. The van der Waals surface area contributed by atoms with Gasteiger partial charge in [0.1, 0.15) is 6.10 Å². The summed E-state index contributed by atoms with van der Waals surface area (Å²) in [4.78, 5) is 14.4. The van der Waals surface area contributed by atoms with Crippen LogP contribution in [-0.4, -0.2) is 30.1 Å². The number of benzene rings is 3. The van der Waals surface area contributed by atoms with Crippen molar-refractivity contribution in [2.45, 2.75) is 25.2 Å². The van der Waals surface area contributed by atoms with Gasteiger partial charge in [-0.3, -0.25) is 0 Å². The van der Waals surface area contributed by atoms with Crippen molar-refractivity contribution in [3.05, 3.63) is 106 Å². The van der Waals surface area contributed by atoms with Crippen molar-refractivity contribution < 1.29 is 9.53 Å². The molecule has 0 aromatic heterocycles. The van der Waals surface area contributed by atoms with E-state index in [9.17, 15) is 4.79 Å². The lowest BCUT2D eigenvalue weighted by atomic mass is 10.0. The molecular formula is C25H24Cl2N2O2. The molecule has 0 bridgehead atoms. The SMILES string of the molecule is O=C(NCc1ccccc1)N1CCC(OC(c2ccc(Cl)cc2)c2ccc(Cl)cc2)C1. The maximum atomic E-state index is 12.6. The van der Waals surface area contributed by atoms with Crippen LogP contribution >= 0.6 is 23.2 Å². The van der Waals surface area contributed by atoms with Gasteiger partial charge in [-0.25, -0.2) is 4.79 Å². The Morgan fingerprint density at radius 2 is 1.52 bits per heavy atom. The highest BCUT2D eigenvalue weighted by Crippen LogP contribution is 2.31. The van der Waals surface area contributed by atoms with Gasteiger partial charge < -0.3 is 15.0 Å². The molecule has 6 heteroatoms. The largest absolute Gasteiger partial charge is 0.364 e. The number of hydrogen-bond acceptors (Lipinski definition) is 2. The van der Waals surface area contributed by atoms with E-state index in [0.29, 0.717) is 29.7 Å². The molecule has 31 heavy (non-hydrogen) atoms. The van der Waals surface area contributed by atoms with Crippen molar-refractivity contribution in [2.24, 2.45) is 0 Å². The van der Waals surface area contributed by atoms with Crippen LogP contribution in [0.25, 0.3) is 0 Å². The molecule has 160 valence electrons. The number of halogens is 2. The Labute approximate surface area is 192 Å². The maximum absolute atomic E-state index is 12.6. The first-order valence-corrected chi connectivity index (χ1v) is 11.1. The molecule has 1 aliphatic heterocycles. The van der Waals surface area contributed by atoms with E-state index in [2.05, 4.69) is 5.32 Å². The zero-order valence-corrected chi connectivity index (χ0v) is 18.5. The number of rotatable bonds is 6. The summed E-state index contributed by atoms with van der Waals surface area (Å²) in [6, 6.07) is 25.2. The molecule has 0 radical (unpaired) electrons. The molecule has 4 nitrogen and oxygen atoms in total. The van der Waals surface area contributed by atoms with Gasteiger partial charge in [0, 0.05) is 29.7 Å². The molecule has 1 atom stereocenters. The topological polar surface area (TPSA) is 41.6 Å². The Bertz CT molecular complexity index is 949. The Hall–Kier alpha value is -2.53. The molecule has 0 saturated carbocycles. The standard InChI is InChI=1S/C25H24Cl2N2O2/c26-21-10-6-19(7-11-21)24(20-8-12-22(27)13-9-20)31-23-14-15-29(17-23)25(30)28-16-18-4-2-1-3-5-18/h1-13,23-24H,14-17H2,(H,28,30). The summed E-state index contributed by atoms with van der Waals surface area (Å²) < 4.78 is 6.50. The third-order valence-corrected chi connectivity index (χ3v) is 5.90. The lowest BCUT2D eigenvalue weighted by Crippen LogP contribution is -2.38. The van der Waals surface area contributed by atoms with E-state index in [1.54, 1.807) is 0 Å². The summed E-state index contributed by atoms with van der Waals surface area (Å²) in [5.74, 6) is 0. The first kappa shape index (κ1) is 21.7. The van der Waals surface area contributed by atoms with E-state index in [4.69, 9.17) is 27.9 Å². The van der Waals surface area contributed by atoms with Gasteiger partial charge in [0.2, 0.25) is 0 Å². The van der Waals surface area contributed by atoms with E-state index in [-0.39, 0.29) is 18.2 Å². The average Bonchev–Trinajstić information content (AvgIpc) is 3.27. The molecule has 1 saturated heterocycles. The molecule has 1 fully saturated rings. The predicted molar refractivity (Wildman–Crippen MR) is 124 cm³/mol. The first-order valence-electron chi connectivity index (χ1n) is 10.3. The van der Waals surface area contributed by atoms with Crippen LogP contribution in [0.3, 0.4) is 0 Å². The van der Waals surface area contributed by atoms with E-state index in [0.717, 1.165) is 23.1 Å². The number of carbonyl (C=O) groups is 1. The number of carbonyl (C=O) groups excluding carboxylic acids is 1. The van der Waals surface area contributed by atoms with Gasteiger partial charge in [-0.05, 0) is 47.4 Å². The Kier molecular flexibility index (Phi) is 7.13. The fraction of sp³-hybridized carbons (Fsp3) is 0.240. The van der Waals surface area contributed by atoms with Gasteiger partial charge in [-0.1, -0.05) is 77.8 Å². The average molecular weight is 455 g/mol. The van der Waals surface area contributed by atoms with Crippen molar-refractivity contribution in [3.63, 3.8) is 0 Å². The first-order chi connectivity index (χ1) is 15.1. The number of urea groups is 1. The number of nitrogens with zero attached hydrogens (tertiary/aromatic N) is 1. The molecule has 1 heterocycles. The van der Waals surface area contributed by atoms with E-state index in [1.807, 2.05) is 83.8 Å². The second kappa shape index (κ2) is 10.2. The predicted octanol–water partition coefficient (Wildman–Crippen LogP) is 6.08. The Balaban J connectivity index is 1.41. The van der Waals surface area contributed by atoms with Crippen LogP contribution in [0.2, 0.25) is 10.0 Å². The minimum absolute atomic E-state index is 0.0566. The van der Waals surface area contributed by atoms with Crippen molar-refractivity contribution in [2.75, 3.05) is 13.1 Å². The summed E-state index contributed by atoms with van der Waals surface area (Å²) in [6.45, 7) is 1.73. The lowest BCUT2D eigenvalue weighted by Gasteiger charge is -2.24. The van der Waals surface area contributed by atoms with Gasteiger partial charge >= 0.3 is 6.03 Å². The zero-order chi connectivity index (χ0) is 21.6. The van der Waals surface area contributed by atoms with Crippen LogP contribution in [0.15, 0.2) is 78.9 Å². The van der Waals surface area contributed by atoms with Crippen LogP contribution < -0.4 is 5.32 Å². The van der Waals surface area contributed by atoms with E-state index < -0.39 is 0 Å². The number of nitrogens with one attached hydrogen (secondary N) is 1. The number of likely N-dealkylation sites (tertiary alicyclic amines) is 1. The fourth-order valence-corrected chi connectivity index (χ4v) is 3.98. The van der Waals surface area contributed by atoms with Gasteiger partial charge in [0.15, 0.2) is 0 Å². The van der Waals surface area contributed by atoms with E-state index >= 15 is 0 Å². The molecule has 3 aromatic rings. The van der Waals surface area contributed by atoms with Crippen molar-refractivity contribution in [1.29, 1.82) is 0 Å². The van der Waals surface area contributed by atoms with Gasteiger partial charge in [0.05, 0.1) is 6.10 Å². The lowest BCUT2D eigenvalue weighted by molar-refractivity contribution is 0.0160. The monoisotopic (exact) mass is 454 g/mol. The highest BCUT2D eigenvalue weighted by Gasteiger charge is 2.30. The smallest absolute Gasteiger partial charge is 0.317 e. The molecule has 1 aliphatic rings. The third-order valence-electron chi connectivity index (χ3n) is 5.39. The van der Waals surface area contributed by atoms with Crippen LogP contribution in [0.1, 0.15) is 29.2 Å². The minimum atomic E-state index is -0.258. The molecule has 0 aliphatic carbocycles. The summed E-state index contributed by atoms with van der Waals surface area (Å²) >= 11 is 12.1. The Morgan fingerprint density at radius 3 is 2.10 bits per heavy atom. The van der Waals surface area contributed by atoms with E-state index in [1.165, 1.54) is 0 Å². The summed E-state index contributed by atoms with van der Waals surface area (Å²) in [6.07, 6.45) is 0.474. The second-order valence-electron chi connectivity index (χ2n) is 7.62. The molecule has 0 spiro atoms. The number of ether oxygens (including phenoxy) is 1. The third kappa shape index (κ3) is 5.79. The quantitative estimate of drug-likeness (QED) is 0.489. The summed E-state index contributed by atoms with van der Waals surface area (Å²) in [7, 11) is 0. The van der Waals surface area contributed by atoms with Gasteiger partial charge in [-0.15, -0.1) is 0 Å². The molecule has 3 aromatic carbocycles. The second-order valence-corrected chi connectivity index (χ2v) is 8.49. The maximum Gasteiger partial charge on any atom is 0.317 e. The molecule has 4 rings (SSSR count). The number of hydrogen-bond donors (Lipinski definition) is 1. The Morgan fingerprint density at radius 1 is 0.935 bits per heavy atom.